The van der Waals surface area contributed by atoms with Crippen molar-refractivity contribution < 1.29 is 33.8 Å². The van der Waals surface area contributed by atoms with Crippen LogP contribution in [-0.2, 0) is 37.0 Å². The van der Waals surface area contributed by atoms with Crippen LogP contribution in [-0.4, -0.2) is 75.6 Å². The Bertz CT molecular complexity index is 1500. The number of carboxylic acid groups (broad SMARTS) is 1. The monoisotopic (exact) mass is 861 g/mol. The third kappa shape index (κ3) is 18.4. The summed E-state index contributed by atoms with van der Waals surface area (Å²) in [5, 5.41) is 12.4. The highest BCUT2D eigenvalue weighted by atomic mass is 32.1. The van der Waals surface area contributed by atoms with Crippen LogP contribution in [0.15, 0.2) is 54.6 Å². The van der Waals surface area contributed by atoms with Crippen LogP contribution in [0.1, 0.15) is 146 Å². The van der Waals surface area contributed by atoms with Crippen molar-refractivity contribution in [2.45, 2.75) is 166 Å². The van der Waals surface area contributed by atoms with Crippen LogP contribution in [0, 0.1) is 0 Å². The second kappa shape index (κ2) is 30.0. The molecule has 2 fully saturated rings. The van der Waals surface area contributed by atoms with Crippen molar-refractivity contribution in [1.82, 2.24) is 15.1 Å². The van der Waals surface area contributed by atoms with Crippen LogP contribution in [0.5, 0.6) is 5.75 Å². The number of nitrogens with one attached hydrogen (secondary N) is 1. The number of hydrogen-bond acceptors (Lipinski definition) is 6. The number of Topliss-reactive ketones (excluding diaryl/α,β-unsaturated/α-hetero) is 1. The highest BCUT2D eigenvalue weighted by Gasteiger charge is 2.41. The van der Waals surface area contributed by atoms with Crippen molar-refractivity contribution in [2.24, 2.45) is 0 Å². The van der Waals surface area contributed by atoms with E-state index >= 15 is 0 Å². The summed E-state index contributed by atoms with van der Waals surface area (Å²) >= 11 is 0. The predicted octanol–water partition coefficient (Wildman–Crippen LogP) is 8.53. The molecule has 326 valence electrons. The number of ether oxygens (including phenoxy) is 1. The van der Waals surface area contributed by atoms with E-state index in [1.165, 1.54) is 64.2 Å². The van der Waals surface area contributed by atoms with Crippen LogP contribution in [0.25, 0.3) is 0 Å². The molecule has 0 aliphatic carbocycles. The first-order valence-electron chi connectivity index (χ1n) is 21.2. The largest absolute Gasteiger partial charge is 0.489 e. The lowest BCUT2D eigenvalue weighted by Gasteiger charge is -2.31. The van der Waals surface area contributed by atoms with Crippen molar-refractivity contribution in [3.63, 3.8) is 0 Å². The summed E-state index contributed by atoms with van der Waals surface area (Å²) < 4.78 is 5.81. The summed E-state index contributed by atoms with van der Waals surface area (Å²) in [6.45, 7) is 3.69. The van der Waals surface area contributed by atoms with Gasteiger partial charge in [0.15, 0.2) is 5.78 Å². The van der Waals surface area contributed by atoms with E-state index in [1.807, 2.05) is 30.3 Å². The molecule has 4 rings (SSSR count). The van der Waals surface area contributed by atoms with E-state index in [4.69, 9.17) is 4.74 Å². The number of hydrogen-bond donors (Lipinski definition) is 2. The summed E-state index contributed by atoms with van der Waals surface area (Å²) in [7, 11) is 0. The molecule has 3 atom stereocenters. The average molecular weight is 862 g/mol. The molecule has 0 bridgehead atoms. The van der Waals surface area contributed by atoms with Gasteiger partial charge in [-0.2, -0.15) is 40.5 Å². The van der Waals surface area contributed by atoms with E-state index in [1.54, 1.807) is 34.1 Å². The second-order valence-electron chi connectivity index (χ2n) is 15.5. The number of ketones is 1. The molecule has 2 heterocycles. The quantitative estimate of drug-likeness (QED) is 0.0907. The molecule has 2 aromatic rings. The molecular formula is C45H71N3O7S3. The summed E-state index contributed by atoms with van der Waals surface area (Å²) in [4.78, 5) is 68.5. The number of nitrogens with zero attached hydrogens (tertiary/aromatic N) is 2. The van der Waals surface area contributed by atoms with Gasteiger partial charge in [0.2, 0.25) is 17.7 Å². The van der Waals surface area contributed by atoms with E-state index in [9.17, 15) is 29.1 Å². The standard InChI is InChI=1S/C45H65N3O7.3H2S/c1-2-3-4-5-6-7-8-9-10-11-12-13-17-24-43(51)47-31-19-23-40(47)44(52)48-32-18-22-39(48)41(49)29-30-42(50)46-38(45(53)54)33-35-25-27-37(28-26-35)55-34-36-20-15-14-16-21-36;;;/h14-16,20-21,25-28,38-40H,2-13,17-19,22-24,29-34H2,1H3,(H,46,50)(H,53,54);3*1H2/t38-,39-,40-;;;/m0.../s1. The maximum Gasteiger partial charge on any atom is 0.326 e. The maximum absolute atomic E-state index is 13.7. The molecule has 2 N–H and O–H groups in total. The zero-order valence-electron chi connectivity index (χ0n) is 34.7. The SMILES string of the molecule is CCCCCCCCCCCCCCCC(=O)N1CCC[C@H]1C(=O)N1CCC[C@H]1C(=O)CCC(=O)N[C@@H](Cc1ccc(OCc2ccccc2)cc1)C(=O)O.S.S.S. The fourth-order valence-electron chi connectivity index (χ4n) is 7.88. The number of amides is 3. The Morgan fingerprint density at radius 3 is 1.81 bits per heavy atom. The molecule has 13 heteroatoms. The third-order valence-electron chi connectivity index (χ3n) is 11.1. The van der Waals surface area contributed by atoms with E-state index < -0.39 is 30.0 Å². The number of benzene rings is 2. The number of unbranched alkanes of at least 4 members (excludes halogenated alkanes) is 12. The third-order valence-corrected chi connectivity index (χ3v) is 11.1. The number of carbonyl (C=O) groups excluding carboxylic acids is 4. The van der Waals surface area contributed by atoms with Crippen LogP contribution in [0.4, 0.5) is 0 Å². The number of carboxylic acids is 1. The van der Waals surface area contributed by atoms with Gasteiger partial charge >= 0.3 is 5.97 Å². The van der Waals surface area contributed by atoms with E-state index in [2.05, 4.69) is 12.2 Å². The van der Waals surface area contributed by atoms with Crippen LogP contribution >= 0.6 is 40.5 Å². The van der Waals surface area contributed by atoms with Crippen LogP contribution in [0.2, 0.25) is 0 Å². The topological polar surface area (TPSA) is 133 Å². The number of carbonyl (C=O) groups is 5. The van der Waals surface area contributed by atoms with Crippen molar-refractivity contribution in [1.29, 1.82) is 0 Å². The number of aliphatic carboxylic acids is 1. The van der Waals surface area contributed by atoms with E-state index in [0.29, 0.717) is 51.1 Å². The van der Waals surface area contributed by atoms with Gasteiger partial charge in [-0.1, -0.05) is 126 Å². The van der Waals surface area contributed by atoms with E-state index in [-0.39, 0.29) is 77.3 Å². The van der Waals surface area contributed by atoms with Crippen LogP contribution < -0.4 is 10.1 Å². The Labute approximate surface area is 368 Å². The van der Waals surface area contributed by atoms with Gasteiger partial charge in [0, 0.05) is 38.8 Å². The van der Waals surface area contributed by atoms with Gasteiger partial charge in [-0.15, -0.1) is 0 Å². The first-order valence-corrected chi connectivity index (χ1v) is 21.2. The first-order chi connectivity index (χ1) is 26.8. The number of likely N-dealkylation sites (tertiary alicyclic amines) is 2. The Hall–Kier alpha value is -3.16. The summed E-state index contributed by atoms with van der Waals surface area (Å²) in [6.07, 6.45) is 19.0. The smallest absolute Gasteiger partial charge is 0.326 e. The fraction of sp³-hybridized carbons (Fsp3) is 0.622. The molecule has 58 heavy (non-hydrogen) atoms. The fourth-order valence-corrected chi connectivity index (χ4v) is 7.88. The van der Waals surface area contributed by atoms with Crippen molar-refractivity contribution in [3.8, 4) is 5.75 Å². The van der Waals surface area contributed by atoms with Crippen molar-refractivity contribution in [2.75, 3.05) is 13.1 Å². The molecule has 2 saturated heterocycles. The molecule has 2 aliphatic heterocycles. The van der Waals surface area contributed by atoms with Gasteiger partial charge in [-0.25, -0.2) is 4.79 Å². The molecule has 0 saturated carbocycles. The summed E-state index contributed by atoms with van der Waals surface area (Å²) in [5.74, 6) is -1.39. The molecular weight excluding hydrogens is 791 g/mol. The Balaban J connectivity index is 0.00000561. The van der Waals surface area contributed by atoms with Crippen molar-refractivity contribution in [3.05, 3.63) is 65.7 Å². The van der Waals surface area contributed by atoms with Gasteiger partial charge < -0.3 is 25.0 Å². The normalized spacial score (nSPS) is 16.4. The molecule has 3 amide bonds. The maximum atomic E-state index is 13.7. The number of rotatable bonds is 26. The molecule has 0 spiro atoms. The Morgan fingerprint density at radius 1 is 0.672 bits per heavy atom. The van der Waals surface area contributed by atoms with Gasteiger partial charge in [-0.05, 0) is 55.4 Å². The lowest BCUT2D eigenvalue weighted by molar-refractivity contribution is -0.146. The molecule has 0 radical (unpaired) electrons. The zero-order chi connectivity index (χ0) is 39.3. The minimum Gasteiger partial charge on any atom is -0.489 e. The molecule has 10 nitrogen and oxygen atoms in total. The highest BCUT2D eigenvalue weighted by Crippen LogP contribution is 2.27. The second-order valence-corrected chi connectivity index (χ2v) is 15.5. The molecule has 0 unspecified atom stereocenters. The minimum absolute atomic E-state index is 0. The minimum atomic E-state index is -1.17. The Morgan fingerprint density at radius 2 is 1.22 bits per heavy atom. The van der Waals surface area contributed by atoms with Gasteiger partial charge in [-0.3, -0.25) is 19.2 Å². The van der Waals surface area contributed by atoms with Gasteiger partial charge in [0.05, 0.1) is 6.04 Å². The lowest BCUT2D eigenvalue weighted by Crippen LogP contribution is -2.51. The zero-order valence-corrected chi connectivity index (χ0v) is 37.7. The molecule has 2 aromatic carbocycles. The van der Waals surface area contributed by atoms with Crippen LogP contribution in [0.3, 0.4) is 0 Å². The average Bonchev–Trinajstić information content (AvgIpc) is 3.90. The first kappa shape index (κ1) is 52.9. The molecule has 2 aliphatic rings. The molecule has 0 aromatic heterocycles. The highest BCUT2D eigenvalue weighted by molar-refractivity contribution is 7.59. The Kier molecular flexibility index (Phi) is 27.3. The lowest BCUT2D eigenvalue weighted by atomic mass is 10.0. The van der Waals surface area contributed by atoms with Gasteiger partial charge in [0.1, 0.15) is 24.4 Å². The van der Waals surface area contributed by atoms with E-state index in [0.717, 1.165) is 36.8 Å². The summed E-state index contributed by atoms with van der Waals surface area (Å²) in [5.41, 5.74) is 1.76. The summed E-state index contributed by atoms with van der Waals surface area (Å²) in [6, 6.07) is 14.5. The predicted molar refractivity (Wildman–Crippen MR) is 246 cm³/mol. The van der Waals surface area contributed by atoms with Gasteiger partial charge in [0.25, 0.3) is 0 Å². The van der Waals surface area contributed by atoms with Crippen molar-refractivity contribution >= 4 is 70.0 Å².